The van der Waals surface area contributed by atoms with Gasteiger partial charge in [0.05, 0.1) is 0 Å². The van der Waals surface area contributed by atoms with Crippen LogP contribution in [-0.2, 0) is 22.5 Å². The molecule has 18 heavy (non-hydrogen) atoms. The van der Waals surface area contributed by atoms with E-state index in [0.29, 0.717) is 19.6 Å². The Morgan fingerprint density at radius 1 is 1.50 bits per heavy atom. The van der Waals surface area contributed by atoms with Crippen LogP contribution in [0, 0.1) is 0 Å². The molecule has 1 aromatic rings. The van der Waals surface area contributed by atoms with Crippen LogP contribution in [0.3, 0.4) is 0 Å². The fraction of sp³-hybridized carbons (Fsp3) is 0.667. The summed E-state index contributed by atoms with van der Waals surface area (Å²) in [6.07, 6.45) is 2.01. The maximum Gasteiger partial charge on any atom is 0.407 e. The molecule has 0 saturated carbocycles. The number of hydrogen-bond donors (Lipinski definition) is 2. The van der Waals surface area contributed by atoms with Crippen molar-refractivity contribution < 1.29 is 14.3 Å². The van der Waals surface area contributed by atoms with Gasteiger partial charge in [-0.25, -0.2) is 9.78 Å². The summed E-state index contributed by atoms with van der Waals surface area (Å²) in [5, 5.41) is 2.69. The highest BCUT2D eigenvalue weighted by Gasteiger charge is 2.15. The van der Waals surface area contributed by atoms with E-state index in [1.165, 1.54) is 0 Å². The van der Waals surface area contributed by atoms with Crippen molar-refractivity contribution in [1.82, 2.24) is 15.3 Å². The molecule has 0 radical (unpaired) electrons. The Kier molecular flexibility index (Phi) is 5.15. The van der Waals surface area contributed by atoms with E-state index < -0.39 is 11.7 Å². The number of alkyl carbamates (subject to hydrolysis) is 1. The van der Waals surface area contributed by atoms with E-state index >= 15 is 0 Å². The highest BCUT2D eigenvalue weighted by Crippen LogP contribution is 2.06. The molecule has 0 aromatic carbocycles. The number of aromatic amines is 1. The lowest BCUT2D eigenvalue weighted by atomic mass is 10.2. The summed E-state index contributed by atoms with van der Waals surface area (Å²) >= 11 is 0. The van der Waals surface area contributed by atoms with Crippen molar-refractivity contribution in [2.75, 3.05) is 13.7 Å². The highest BCUT2D eigenvalue weighted by molar-refractivity contribution is 5.67. The van der Waals surface area contributed by atoms with E-state index in [-0.39, 0.29) is 0 Å². The first-order chi connectivity index (χ1) is 8.40. The van der Waals surface area contributed by atoms with Crippen LogP contribution in [0.1, 0.15) is 32.3 Å². The van der Waals surface area contributed by atoms with Gasteiger partial charge in [-0.1, -0.05) is 0 Å². The molecule has 0 fully saturated rings. The molecule has 0 aliphatic heterocycles. The number of imidazole rings is 1. The SMILES string of the molecule is COCc1ncc(CCNC(=O)OC(C)(C)C)[nH]1. The topological polar surface area (TPSA) is 76.2 Å². The van der Waals surface area contributed by atoms with E-state index in [2.05, 4.69) is 15.3 Å². The van der Waals surface area contributed by atoms with Crippen molar-refractivity contribution >= 4 is 6.09 Å². The van der Waals surface area contributed by atoms with E-state index in [0.717, 1.165) is 11.5 Å². The molecule has 0 atom stereocenters. The summed E-state index contributed by atoms with van der Waals surface area (Å²) in [5.74, 6) is 0.782. The number of carbonyl (C=O) groups excluding carboxylic acids is 1. The van der Waals surface area contributed by atoms with Crippen LogP contribution >= 0.6 is 0 Å². The summed E-state index contributed by atoms with van der Waals surface area (Å²) in [6, 6.07) is 0. The van der Waals surface area contributed by atoms with Crippen molar-refractivity contribution in [1.29, 1.82) is 0 Å². The van der Waals surface area contributed by atoms with Crippen molar-refractivity contribution in [3.63, 3.8) is 0 Å². The molecule has 0 saturated heterocycles. The minimum absolute atomic E-state index is 0.404. The normalized spacial score (nSPS) is 11.3. The van der Waals surface area contributed by atoms with Gasteiger partial charge in [0.15, 0.2) is 0 Å². The van der Waals surface area contributed by atoms with Gasteiger partial charge in [0.25, 0.3) is 0 Å². The van der Waals surface area contributed by atoms with Gasteiger partial charge in [-0.15, -0.1) is 0 Å². The Balaban J connectivity index is 2.26. The smallest absolute Gasteiger partial charge is 0.407 e. The second-order valence-corrected chi connectivity index (χ2v) is 4.97. The van der Waals surface area contributed by atoms with Gasteiger partial charge in [0.2, 0.25) is 0 Å². The van der Waals surface area contributed by atoms with Crippen molar-refractivity contribution in [2.45, 2.75) is 39.4 Å². The predicted molar refractivity (Wildman–Crippen MR) is 67.2 cm³/mol. The summed E-state index contributed by atoms with van der Waals surface area (Å²) in [4.78, 5) is 18.6. The van der Waals surface area contributed by atoms with Crippen LogP contribution in [-0.4, -0.2) is 35.3 Å². The minimum atomic E-state index is -0.469. The molecular weight excluding hydrogens is 234 g/mol. The van der Waals surface area contributed by atoms with Gasteiger partial charge in [-0.2, -0.15) is 0 Å². The molecule has 0 bridgehead atoms. The number of aromatic nitrogens is 2. The van der Waals surface area contributed by atoms with Gasteiger partial charge >= 0.3 is 6.09 Å². The fourth-order valence-electron chi connectivity index (χ4n) is 1.36. The maximum absolute atomic E-state index is 11.4. The lowest BCUT2D eigenvalue weighted by molar-refractivity contribution is 0.0528. The van der Waals surface area contributed by atoms with Gasteiger partial charge < -0.3 is 19.8 Å². The summed E-state index contributed by atoms with van der Waals surface area (Å²) in [5.41, 5.74) is 0.488. The number of ether oxygens (including phenoxy) is 2. The van der Waals surface area contributed by atoms with Crippen molar-refractivity contribution in [3.8, 4) is 0 Å². The zero-order chi connectivity index (χ0) is 13.6. The van der Waals surface area contributed by atoms with Crippen LogP contribution in [0.25, 0.3) is 0 Å². The van der Waals surface area contributed by atoms with Gasteiger partial charge in [-0.3, -0.25) is 0 Å². The Morgan fingerprint density at radius 3 is 2.83 bits per heavy atom. The third-order valence-electron chi connectivity index (χ3n) is 2.02. The van der Waals surface area contributed by atoms with Crippen LogP contribution < -0.4 is 5.32 Å². The summed E-state index contributed by atoms with van der Waals surface area (Å²) in [6.45, 7) is 6.46. The molecule has 0 spiro atoms. The molecular formula is C12H21N3O3. The van der Waals surface area contributed by atoms with E-state index in [9.17, 15) is 4.79 Å². The lowest BCUT2D eigenvalue weighted by Gasteiger charge is -2.19. The molecule has 0 aliphatic carbocycles. The summed E-state index contributed by atoms with van der Waals surface area (Å²) < 4.78 is 10.1. The predicted octanol–water partition coefficient (Wildman–Crippen LogP) is 1.62. The number of carbonyl (C=O) groups is 1. The third-order valence-corrected chi connectivity index (χ3v) is 2.02. The molecule has 0 unspecified atom stereocenters. The molecule has 102 valence electrons. The van der Waals surface area contributed by atoms with E-state index in [1.807, 2.05) is 20.8 Å². The second-order valence-electron chi connectivity index (χ2n) is 4.97. The largest absolute Gasteiger partial charge is 0.444 e. The molecule has 1 amide bonds. The van der Waals surface area contributed by atoms with Gasteiger partial charge in [-0.05, 0) is 20.8 Å². The Bertz CT molecular complexity index is 382. The zero-order valence-electron chi connectivity index (χ0n) is 11.4. The van der Waals surface area contributed by atoms with Crippen molar-refractivity contribution in [3.05, 3.63) is 17.7 Å². The number of nitrogens with one attached hydrogen (secondary N) is 2. The van der Waals surface area contributed by atoms with E-state index in [4.69, 9.17) is 9.47 Å². The number of hydrogen-bond acceptors (Lipinski definition) is 4. The highest BCUT2D eigenvalue weighted by atomic mass is 16.6. The first kappa shape index (κ1) is 14.5. The van der Waals surface area contributed by atoms with Gasteiger partial charge in [0, 0.05) is 32.0 Å². The van der Waals surface area contributed by atoms with Crippen LogP contribution in [0.15, 0.2) is 6.20 Å². The second kappa shape index (κ2) is 6.39. The molecule has 2 N–H and O–H groups in total. The minimum Gasteiger partial charge on any atom is -0.444 e. The molecule has 1 rings (SSSR count). The standard InChI is InChI=1S/C12H21N3O3/c1-12(2,3)18-11(16)13-6-5-9-7-14-10(15-9)8-17-4/h7H,5-6,8H2,1-4H3,(H,13,16)(H,14,15). The van der Waals surface area contributed by atoms with Crippen LogP contribution in [0.5, 0.6) is 0 Å². The third kappa shape index (κ3) is 5.67. The Morgan fingerprint density at radius 2 is 2.22 bits per heavy atom. The number of amides is 1. The Labute approximate surface area is 107 Å². The van der Waals surface area contributed by atoms with E-state index in [1.54, 1.807) is 13.3 Å². The monoisotopic (exact) mass is 255 g/mol. The molecule has 6 nitrogen and oxygen atoms in total. The summed E-state index contributed by atoms with van der Waals surface area (Å²) in [7, 11) is 1.62. The average Bonchev–Trinajstić information content (AvgIpc) is 2.63. The number of rotatable bonds is 5. The molecule has 6 heteroatoms. The van der Waals surface area contributed by atoms with Crippen molar-refractivity contribution in [2.24, 2.45) is 0 Å². The molecule has 1 aromatic heterocycles. The Hall–Kier alpha value is -1.56. The van der Waals surface area contributed by atoms with Gasteiger partial charge in [0.1, 0.15) is 18.0 Å². The molecule has 1 heterocycles. The number of H-pyrrole nitrogens is 1. The fourth-order valence-corrected chi connectivity index (χ4v) is 1.36. The first-order valence-electron chi connectivity index (χ1n) is 5.89. The van der Waals surface area contributed by atoms with Crippen LogP contribution in [0.2, 0.25) is 0 Å². The first-order valence-corrected chi connectivity index (χ1v) is 5.89. The maximum atomic E-state index is 11.4. The van der Waals surface area contributed by atoms with Crippen LogP contribution in [0.4, 0.5) is 4.79 Å². The zero-order valence-corrected chi connectivity index (χ0v) is 11.4. The molecule has 0 aliphatic rings. The number of nitrogens with zero attached hydrogens (tertiary/aromatic N) is 1. The quantitative estimate of drug-likeness (QED) is 0.838. The lowest BCUT2D eigenvalue weighted by Crippen LogP contribution is -2.33. The average molecular weight is 255 g/mol. The number of methoxy groups -OCH3 is 1.